The lowest BCUT2D eigenvalue weighted by molar-refractivity contribution is -0.139. The van der Waals surface area contributed by atoms with Crippen molar-refractivity contribution >= 4 is 50.1 Å². The van der Waals surface area contributed by atoms with Gasteiger partial charge in [-0.25, -0.2) is 31.4 Å². The van der Waals surface area contributed by atoms with Crippen molar-refractivity contribution in [3.63, 3.8) is 0 Å². The maximum Gasteiger partial charge on any atom is 0.335 e. The Kier molecular flexibility index (Phi) is 9.89. The van der Waals surface area contributed by atoms with Crippen LogP contribution in [0.4, 0.5) is 20.2 Å². The van der Waals surface area contributed by atoms with Gasteiger partial charge in [0.2, 0.25) is 5.91 Å². The molecular formula is C34H33F2N7O8S. The van der Waals surface area contributed by atoms with Gasteiger partial charge in [-0.05, 0) is 43.3 Å². The quantitative estimate of drug-likeness (QED) is 0.142. The molecule has 5 aromatic rings. The minimum absolute atomic E-state index is 0.114. The minimum atomic E-state index is -4.50. The molecule has 2 aromatic carbocycles. The number of carbonyl (C=O) groups is 3. The van der Waals surface area contributed by atoms with Crippen LogP contribution in [0.2, 0.25) is 0 Å². The number of aromatic amines is 1. The maximum atomic E-state index is 15.1. The van der Waals surface area contributed by atoms with Gasteiger partial charge in [-0.2, -0.15) is 0 Å². The van der Waals surface area contributed by atoms with Crippen molar-refractivity contribution in [2.45, 2.75) is 45.1 Å². The number of aromatic nitrogens is 4. The van der Waals surface area contributed by atoms with Crippen LogP contribution in [0.3, 0.4) is 0 Å². The van der Waals surface area contributed by atoms with E-state index >= 15 is 8.78 Å². The van der Waals surface area contributed by atoms with E-state index in [1.54, 1.807) is 20.8 Å². The van der Waals surface area contributed by atoms with Gasteiger partial charge >= 0.3 is 11.7 Å². The lowest BCUT2D eigenvalue weighted by Crippen LogP contribution is -2.43. The summed E-state index contributed by atoms with van der Waals surface area (Å²) in [5, 5.41) is 15.1. The zero-order valence-corrected chi connectivity index (χ0v) is 29.2. The van der Waals surface area contributed by atoms with Gasteiger partial charge in [0.1, 0.15) is 17.7 Å². The van der Waals surface area contributed by atoms with Crippen LogP contribution in [-0.4, -0.2) is 56.5 Å². The largest absolute Gasteiger partial charge is 0.480 e. The number of pyridine rings is 1. The Morgan fingerprint density at radius 2 is 1.73 bits per heavy atom. The van der Waals surface area contributed by atoms with Crippen LogP contribution in [0.5, 0.6) is 0 Å². The van der Waals surface area contributed by atoms with Crippen molar-refractivity contribution < 1.29 is 36.7 Å². The summed E-state index contributed by atoms with van der Waals surface area (Å²) in [4.78, 5) is 69.0. The van der Waals surface area contributed by atoms with Gasteiger partial charge in [-0.15, -0.1) is 0 Å². The first kappa shape index (κ1) is 37.1. The number of halogens is 2. The number of amides is 2. The van der Waals surface area contributed by atoms with E-state index in [4.69, 9.17) is 0 Å². The molecule has 0 bridgehead atoms. The molecule has 272 valence electrons. The lowest BCUT2D eigenvalue weighted by atomic mass is 9.95. The van der Waals surface area contributed by atoms with Crippen LogP contribution in [0.1, 0.15) is 42.4 Å². The average molecular weight is 738 g/mol. The van der Waals surface area contributed by atoms with Crippen LogP contribution >= 0.6 is 0 Å². The van der Waals surface area contributed by atoms with Crippen molar-refractivity contribution in [2.24, 2.45) is 12.5 Å². The first-order chi connectivity index (χ1) is 24.3. The van der Waals surface area contributed by atoms with E-state index < -0.39 is 73.9 Å². The third-order valence-corrected chi connectivity index (χ3v) is 9.31. The molecule has 52 heavy (non-hydrogen) atoms. The number of rotatable bonds is 10. The van der Waals surface area contributed by atoms with Crippen LogP contribution in [0, 0.1) is 24.0 Å². The second-order valence-electron chi connectivity index (χ2n) is 13.0. The normalized spacial score (nSPS) is 12.4. The average Bonchev–Trinajstić information content (AvgIpc) is 3.47. The fourth-order valence-corrected chi connectivity index (χ4v) is 6.14. The van der Waals surface area contributed by atoms with Gasteiger partial charge in [-0.3, -0.25) is 24.1 Å². The number of nitrogens with zero attached hydrogens (tertiary/aromatic N) is 3. The molecule has 5 N–H and O–H groups in total. The van der Waals surface area contributed by atoms with Crippen molar-refractivity contribution in [2.75, 3.05) is 10.0 Å². The Hall–Kier alpha value is -6.17. The zero-order valence-electron chi connectivity index (χ0n) is 28.4. The lowest BCUT2D eigenvalue weighted by Gasteiger charge is -2.17. The number of H-pyrrole nitrogens is 1. The van der Waals surface area contributed by atoms with E-state index in [1.165, 1.54) is 67.5 Å². The number of sulfonamides is 1. The van der Waals surface area contributed by atoms with Crippen LogP contribution < -0.4 is 26.6 Å². The number of hydrogen-bond donors (Lipinski definition) is 5. The first-order valence-corrected chi connectivity index (χ1v) is 17.0. The summed E-state index contributed by atoms with van der Waals surface area (Å²) >= 11 is 0. The highest BCUT2D eigenvalue weighted by Gasteiger charge is 2.27. The van der Waals surface area contributed by atoms with Crippen molar-refractivity contribution in [3.8, 4) is 5.69 Å². The monoisotopic (exact) mass is 737 g/mol. The third kappa shape index (κ3) is 7.60. The summed E-state index contributed by atoms with van der Waals surface area (Å²) in [6.07, 6.45) is 3.62. The molecule has 3 aromatic heterocycles. The number of nitrogens with one attached hydrogen (secondary N) is 4. The fourth-order valence-electron chi connectivity index (χ4n) is 5.05. The van der Waals surface area contributed by atoms with Gasteiger partial charge in [0, 0.05) is 59.5 Å². The van der Waals surface area contributed by atoms with Gasteiger partial charge in [0.25, 0.3) is 21.5 Å². The van der Waals surface area contributed by atoms with Gasteiger partial charge in [0.05, 0.1) is 33.7 Å². The highest BCUT2D eigenvalue weighted by atomic mass is 32.2. The molecule has 3 heterocycles. The summed E-state index contributed by atoms with van der Waals surface area (Å²) in [6.45, 7) is 6.71. The van der Waals surface area contributed by atoms with E-state index in [2.05, 4.69) is 20.6 Å². The number of aryl methyl sites for hydroxylation is 2. The Morgan fingerprint density at radius 1 is 1.02 bits per heavy atom. The number of hydrogen-bond acceptors (Lipinski definition) is 8. The molecule has 0 saturated heterocycles. The van der Waals surface area contributed by atoms with Crippen LogP contribution in [-0.2, 0) is 33.1 Å². The Balaban J connectivity index is 1.30. The number of fused-ring (bicyclic) bond motifs is 1. The predicted octanol–water partition coefficient (Wildman–Crippen LogP) is 3.21. The predicted molar refractivity (Wildman–Crippen MR) is 186 cm³/mol. The molecule has 2 amide bonds. The Bertz CT molecular complexity index is 2450. The number of carboxylic acid groups (broad SMARTS) is 1. The highest BCUT2D eigenvalue weighted by Crippen LogP contribution is 2.29. The second kappa shape index (κ2) is 13.9. The molecule has 0 saturated carbocycles. The molecule has 0 unspecified atom stereocenters. The number of aliphatic carboxylic acids is 1. The van der Waals surface area contributed by atoms with E-state index in [0.717, 1.165) is 4.57 Å². The zero-order chi connectivity index (χ0) is 38.3. The molecule has 0 aliphatic rings. The number of benzene rings is 2. The SMILES string of the molecule is Cc1cn(C)c(=O)n(-c2ccc(C[C@H](NC(=O)c3cc(F)c(NS(=O)(=O)c4ccc5c(NC(=O)C(C)(C)C)c[nH]c5c4)cc3F)C(=O)O)nc2)c1=O. The van der Waals surface area contributed by atoms with E-state index in [0.29, 0.717) is 34.3 Å². The number of carboxylic acids is 1. The molecule has 1 atom stereocenters. The maximum absolute atomic E-state index is 15.1. The molecule has 5 rings (SSSR count). The smallest absolute Gasteiger partial charge is 0.335 e. The summed E-state index contributed by atoms with van der Waals surface area (Å²) in [5.41, 5.74) is -2.34. The van der Waals surface area contributed by atoms with Crippen molar-refractivity contribution in [3.05, 3.63) is 110 Å². The standard InChI is InChI=1S/C34H33F2N7O8S/c1-17-16-42(5)33(49)43(30(17)45)19-7-6-18(37-14-19)10-27(31(46)47)39-29(44)22-12-24(36)26(13-23(22)35)41-52(50,51)20-8-9-21-25(11-20)38-15-28(21)40-32(48)34(2,3)4/h6-9,11-16,27,38,41H,10H2,1-5H3,(H,39,44)(H,40,48)(H,46,47)/t27-/m0/s1. The second-order valence-corrected chi connectivity index (χ2v) is 14.6. The topological polar surface area (TPSA) is 214 Å². The molecule has 0 radical (unpaired) electrons. The molecule has 18 heteroatoms. The number of carbonyl (C=O) groups excluding carboxylic acids is 2. The van der Waals surface area contributed by atoms with Gasteiger partial charge < -0.3 is 25.3 Å². The molecule has 0 aliphatic heterocycles. The third-order valence-electron chi connectivity index (χ3n) is 7.94. The first-order valence-electron chi connectivity index (χ1n) is 15.5. The van der Waals surface area contributed by atoms with Crippen LogP contribution in [0.25, 0.3) is 16.6 Å². The van der Waals surface area contributed by atoms with E-state index in [1.807, 2.05) is 4.72 Å². The van der Waals surface area contributed by atoms with Crippen molar-refractivity contribution in [1.29, 1.82) is 0 Å². The van der Waals surface area contributed by atoms with Crippen LogP contribution in [0.15, 0.2) is 75.5 Å². The molecule has 15 nitrogen and oxygen atoms in total. The van der Waals surface area contributed by atoms with Crippen molar-refractivity contribution in [1.82, 2.24) is 24.4 Å². The van der Waals surface area contributed by atoms with Gasteiger partial charge in [0.15, 0.2) is 0 Å². The highest BCUT2D eigenvalue weighted by molar-refractivity contribution is 7.92. The van der Waals surface area contributed by atoms with E-state index in [-0.39, 0.29) is 22.2 Å². The minimum Gasteiger partial charge on any atom is -0.480 e. The summed E-state index contributed by atoms with van der Waals surface area (Å²) in [6, 6.07) is 5.77. The summed E-state index contributed by atoms with van der Waals surface area (Å²) in [5.74, 6) is -5.79. The molecule has 0 spiro atoms. The number of anilines is 2. The fraction of sp³-hybridized carbons (Fsp3) is 0.235. The molecular weight excluding hydrogens is 704 g/mol. The van der Waals surface area contributed by atoms with E-state index in [9.17, 15) is 37.5 Å². The molecule has 0 fully saturated rings. The summed E-state index contributed by atoms with van der Waals surface area (Å²) < 4.78 is 60.6. The Labute approximate surface area is 294 Å². The Morgan fingerprint density at radius 3 is 2.37 bits per heavy atom. The van der Waals surface area contributed by atoms with Gasteiger partial charge in [-0.1, -0.05) is 20.8 Å². The molecule has 0 aliphatic carbocycles. The summed E-state index contributed by atoms with van der Waals surface area (Å²) in [7, 11) is -3.03.